The molecule has 6 aromatic carbocycles. The van der Waals surface area contributed by atoms with Crippen LogP contribution < -0.4 is 20.7 Å². The Morgan fingerprint density at radius 2 is 1.46 bits per heavy atom. The van der Waals surface area contributed by atoms with E-state index in [1.807, 2.05) is 0 Å². The second kappa shape index (κ2) is 17.7. The number of hydrogen-bond acceptors (Lipinski definition) is 11. The Morgan fingerprint density at radius 1 is 0.809 bits per heavy atom. The first-order valence-corrected chi connectivity index (χ1v) is 21.2. The second-order valence-corrected chi connectivity index (χ2v) is 16.2. The Labute approximate surface area is 392 Å². The lowest BCUT2D eigenvalue weighted by Crippen LogP contribution is -2.33. The summed E-state index contributed by atoms with van der Waals surface area (Å²) in [6.45, 7) is 0.527. The molecule has 0 saturated carbocycles. The number of alkyl halides is 3. The van der Waals surface area contributed by atoms with E-state index >= 15 is 0 Å². The molecule has 68 heavy (non-hydrogen) atoms. The first-order valence-electron chi connectivity index (χ1n) is 20.4. The monoisotopic (exact) mass is 963 g/mol. The minimum Gasteiger partial charge on any atom is -0.508 e. The first-order chi connectivity index (χ1) is 32.5. The number of fused-ring (bicyclic) bond motifs is 7. The smallest absolute Gasteiger partial charge is 0.417 e. The molecule has 20 heteroatoms. The molecule has 3 heterocycles. The SMILES string of the molecule is O=C(O)c1ccc(-c2nn(C(=O)c3c(Cl)cccc3C(F)(F)F)c3cc(C(=O)NCCOCCNC(=S)Nc4ccc5c(c4)C(=O)OC54c5ccc(O)cc5Oc5cc(O)ccc54)ccc23)cc1. The molecule has 1 aromatic heterocycles. The number of carboxylic acids is 1. The summed E-state index contributed by atoms with van der Waals surface area (Å²) in [5.41, 5.74) is -0.821. The Morgan fingerprint density at radius 3 is 2.12 bits per heavy atom. The number of nitrogens with zero attached hydrogens (tertiary/aromatic N) is 2. The number of anilines is 1. The van der Waals surface area contributed by atoms with E-state index in [-0.39, 0.29) is 87.7 Å². The number of carbonyl (C=O) groups is 4. The number of aromatic hydroxyl groups is 2. The molecule has 0 bridgehead atoms. The summed E-state index contributed by atoms with van der Waals surface area (Å²) in [4.78, 5) is 52.2. The quantitative estimate of drug-likeness (QED) is 0.0408. The topological polar surface area (TPSA) is 211 Å². The fourth-order valence-electron chi connectivity index (χ4n) is 8.11. The lowest BCUT2D eigenvalue weighted by molar-refractivity contribution is -0.137. The lowest BCUT2D eigenvalue weighted by Gasteiger charge is -2.36. The van der Waals surface area contributed by atoms with E-state index in [0.717, 1.165) is 22.9 Å². The van der Waals surface area contributed by atoms with Crippen LogP contribution in [0.1, 0.15) is 63.7 Å². The van der Waals surface area contributed by atoms with Crippen molar-refractivity contribution >= 4 is 69.3 Å². The Hall–Kier alpha value is -8.00. The fourth-order valence-corrected chi connectivity index (χ4v) is 8.59. The van der Waals surface area contributed by atoms with Crippen LogP contribution in [0, 0.1) is 0 Å². The van der Waals surface area contributed by atoms with Gasteiger partial charge in [0.2, 0.25) is 0 Å². The molecule has 0 fully saturated rings. The van der Waals surface area contributed by atoms with Crippen molar-refractivity contribution in [2.75, 3.05) is 31.6 Å². The van der Waals surface area contributed by atoms with Crippen molar-refractivity contribution in [1.29, 1.82) is 0 Å². The number of benzene rings is 6. The third kappa shape index (κ3) is 8.26. The third-order valence-electron chi connectivity index (χ3n) is 11.2. The van der Waals surface area contributed by atoms with Gasteiger partial charge in [0.25, 0.3) is 11.8 Å². The summed E-state index contributed by atoms with van der Waals surface area (Å²) in [5, 5.41) is 42.8. The molecule has 0 saturated heterocycles. The number of thiocarbonyl (C=S) groups is 1. The molecular weight excluding hydrogens is 931 g/mol. The van der Waals surface area contributed by atoms with Gasteiger partial charge in [-0.25, -0.2) is 9.59 Å². The number of rotatable bonds is 11. The van der Waals surface area contributed by atoms with Gasteiger partial charge in [0, 0.05) is 64.1 Å². The highest BCUT2D eigenvalue weighted by molar-refractivity contribution is 7.80. The molecule has 0 unspecified atom stereocenters. The second-order valence-electron chi connectivity index (χ2n) is 15.4. The van der Waals surface area contributed by atoms with Crippen molar-refractivity contribution < 1.29 is 61.9 Å². The summed E-state index contributed by atoms with van der Waals surface area (Å²) in [5.74, 6) is -3.21. The summed E-state index contributed by atoms with van der Waals surface area (Å²) >= 11 is 11.6. The lowest BCUT2D eigenvalue weighted by atomic mass is 9.77. The molecule has 1 amide bonds. The average Bonchev–Trinajstić information content (AvgIpc) is 3.82. The van der Waals surface area contributed by atoms with Gasteiger partial charge in [-0.15, -0.1) is 0 Å². The molecule has 6 N–H and O–H groups in total. The normalized spacial score (nSPS) is 13.2. The number of amides is 1. The number of halogens is 4. The Kier molecular flexibility index (Phi) is 11.7. The van der Waals surface area contributed by atoms with Crippen LogP contribution in [0.2, 0.25) is 5.02 Å². The number of phenols is 2. The van der Waals surface area contributed by atoms with Gasteiger partial charge in [0.05, 0.1) is 46.0 Å². The van der Waals surface area contributed by atoms with Crippen LogP contribution in [-0.2, 0) is 21.3 Å². The number of aromatic nitrogens is 2. The molecule has 9 rings (SSSR count). The van der Waals surface area contributed by atoms with Crippen LogP contribution in [0.25, 0.3) is 22.2 Å². The van der Waals surface area contributed by atoms with Gasteiger partial charge >= 0.3 is 18.1 Å². The van der Waals surface area contributed by atoms with E-state index in [1.54, 1.807) is 30.3 Å². The molecule has 0 radical (unpaired) electrons. The molecule has 1 spiro atoms. The summed E-state index contributed by atoms with van der Waals surface area (Å²) < 4.78 is 60.8. The van der Waals surface area contributed by atoms with Gasteiger partial charge in [-0.1, -0.05) is 35.9 Å². The van der Waals surface area contributed by atoms with Gasteiger partial charge in [0.1, 0.15) is 28.7 Å². The van der Waals surface area contributed by atoms with Crippen LogP contribution >= 0.6 is 23.8 Å². The van der Waals surface area contributed by atoms with Crippen molar-refractivity contribution in [1.82, 2.24) is 20.4 Å². The van der Waals surface area contributed by atoms with Crippen LogP contribution in [0.3, 0.4) is 0 Å². The van der Waals surface area contributed by atoms with Gasteiger partial charge in [0.15, 0.2) is 10.7 Å². The zero-order valence-electron chi connectivity index (χ0n) is 34.8. The highest BCUT2D eigenvalue weighted by Gasteiger charge is 2.53. The van der Waals surface area contributed by atoms with E-state index in [0.29, 0.717) is 27.9 Å². The van der Waals surface area contributed by atoms with Crippen molar-refractivity contribution in [3.8, 4) is 34.3 Å². The van der Waals surface area contributed by atoms with Gasteiger partial charge in [-0.2, -0.15) is 23.0 Å². The molecule has 0 aliphatic carbocycles. The van der Waals surface area contributed by atoms with Crippen molar-refractivity contribution in [2.24, 2.45) is 0 Å². The largest absolute Gasteiger partial charge is 0.508 e. The maximum Gasteiger partial charge on any atom is 0.417 e. The number of aromatic carboxylic acids is 1. The number of hydrogen-bond donors (Lipinski definition) is 6. The van der Waals surface area contributed by atoms with Gasteiger partial charge in [-0.05, 0) is 91.1 Å². The summed E-state index contributed by atoms with van der Waals surface area (Å²) in [7, 11) is 0. The molecule has 344 valence electrons. The predicted octanol–water partition coefficient (Wildman–Crippen LogP) is 8.47. The molecule has 2 aliphatic heterocycles. The van der Waals surface area contributed by atoms with Gasteiger partial charge in [-0.3, -0.25) is 9.59 Å². The molecule has 0 atom stereocenters. The number of ether oxygens (including phenoxy) is 3. The van der Waals surface area contributed by atoms with Crippen LogP contribution in [-0.4, -0.2) is 80.3 Å². The fraction of sp³-hybridized carbons (Fsp3) is 0.125. The molecule has 2 aliphatic rings. The standard InChI is InChI=1S/C48H33ClF3N5O10S/c49-36-3-1-2-35(48(50,51)52)40(36)43(61)57-37-20-26(8-12-30(37)41(56-57)24-4-6-25(7-5-24)44(62)63)42(60)53-16-18-65-19-17-54-46(68)55-27-9-13-32-31(21-27)45(64)67-47(32)33-14-10-28(58)22-38(33)66-39-23-29(59)11-15-34(39)47/h1-15,20-23,58-59H,16-19H2,(H,53,60)(H,62,63)(H2,54,55,68). The average molecular weight is 964 g/mol. The minimum atomic E-state index is -4.94. The highest BCUT2D eigenvalue weighted by Crippen LogP contribution is 2.57. The maximum absolute atomic E-state index is 14.1. The van der Waals surface area contributed by atoms with Crippen LogP contribution in [0.5, 0.6) is 23.0 Å². The molecular formula is C48H33ClF3N5O10S. The van der Waals surface area contributed by atoms with Crippen molar-refractivity contribution in [3.63, 3.8) is 0 Å². The number of phenolic OH excluding ortho intramolecular Hbond substituents is 2. The van der Waals surface area contributed by atoms with Crippen molar-refractivity contribution in [2.45, 2.75) is 11.8 Å². The van der Waals surface area contributed by atoms with E-state index in [4.69, 9.17) is 38.0 Å². The van der Waals surface area contributed by atoms with Crippen LogP contribution in [0.4, 0.5) is 18.9 Å². The minimum absolute atomic E-state index is 0.0108. The Balaban J connectivity index is 0.827. The van der Waals surface area contributed by atoms with Crippen LogP contribution in [0.15, 0.2) is 115 Å². The van der Waals surface area contributed by atoms with Crippen molar-refractivity contribution in [3.05, 3.63) is 165 Å². The van der Waals surface area contributed by atoms with E-state index < -0.39 is 51.7 Å². The summed E-state index contributed by atoms with van der Waals surface area (Å²) in [6.07, 6.45) is -4.94. The zero-order valence-corrected chi connectivity index (χ0v) is 36.4. The van der Waals surface area contributed by atoms with E-state index in [1.165, 1.54) is 66.7 Å². The zero-order chi connectivity index (χ0) is 48.1. The molecule has 7 aromatic rings. The molecule has 15 nitrogen and oxygen atoms in total. The number of esters is 1. The van der Waals surface area contributed by atoms with Gasteiger partial charge < -0.3 is 45.5 Å². The number of carboxylic acid groups (broad SMARTS) is 1. The third-order valence-corrected chi connectivity index (χ3v) is 11.7. The Bertz CT molecular complexity index is 3200. The number of nitrogens with one attached hydrogen (secondary N) is 3. The highest BCUT2D eigenvalue weighted by atomic mass is 35.5. The maximum atomic E-state index is 14.1. The predicted molar refractivity (Wildman–Crippen MR) is 244 cm³/mol. The van der Waals surface area contributed by atoms with E-state index in [9.17, 15) is 47.7 Å². The first kappa shape index (κ1) is 45.2. The summed E-state index contributed by atoms with van der Waals surface area (Å²) in [6, 6.07) is 26.7. The number of carbonyl (C=O) groups excluding carboxylic acids is 3. The van der Waals surface area contributed by atoms with E-state index in [2.05, 4.69) is 21.0 Å².